The van der Waals surface area contributed by atoms with Gasteiger partial charge in [-0.1, -0.05) is 68.7 Å². The normalized spacial score (nSPS) is 14.5. The maximum Gasteiger partial charge on any atom is 0.351 e. The maximum atomic E-state index is 15.1. The molecule has 0 fully saturated rings. The van der Waals surface area contributed by atoms with Crippen molar-refractivity contribution < 1.29 is 26.7 Å². The summed E-state index contributed by atoms with van der Waals surface area (Å²) in [6.07, 6.45) is 5.96. The molecule has 0 aliphatic carbocycles. The second-order valence-corrected chi connectivity index (χ2v) is 7.02. The first-order chi connectivity index (χ1) is 14.9. The number of rotatable bonds is 11. The third-order valence-electron chi connectivity index (χ3n) is 4.69. The average molecular weight is 459 g/mol. The van der Waals surface area contributed by atoms with Crippen LogP contribution in [0.1, 0.15) is 38.3 Å². The Kier molecular flexibility index (Phi) is 11.7. The van der Waals surface area contributed by atoms with Crippen molar-refractivity contribution in [1.82, 2.24) is 5.32 Å². The van der Waals surface area contributed by atoms with E-state index in [1.807, 2.05) is 19.9 Å². The zero-order valence-corrected chi connectivity index (χ0v) is 18.6. The number of halogens is 5. The molecule has 0 aliphatic heterocycles. The Labute approximate surface area is 186 Å². The molecule has 1 rings (SSSR count). The third kappa shape index (κ3) is 7.07. The second-order valence-electron chi connectivity index (χ2n) is 7.02. The van der Waals surface area contributed by atoms with Crippen LogP contribution in [-0.4, -0.2) is 24.8 Å². The molecule has 0 aliphatic rings. The van der Waals surface area contributed by atoms with Gasteiger partial charge in [-0.05, 0) is 37.8 Å². The van der Waals surface area contributed by atoms with Crippen molar-refractivity contribution in [3.8, 4) is 0 Å². The highest BCUT2D eigenvalue weighted by Crippen LogP contribution is 2.52. The number of primary amides is 1. The van der Waals surface area contributed by atoms with Crippen LogP contribution in [0.15, 0.2) is 73.0 Å². The lowest BCUT2D eigenvalue weighted by Gasteiger charge is -2.36. The molecule has 3 N–H and O–H groups in total. The number of hydrogen-bond donors (Lipinski definition) is 2. The summed E-state index contributed by atoms with van der Waals surface area (Å²) in [6, 6.07) is 5.18. The van der Waals surface area contributed by atoms with Gasteiger partial charge in [0.05, 0.1) is 0 Å². The summed E-state index contributed by atoms with van der Waals surface area (Å²) >= 11 is 0. The minimum Gasteiger partial charge on any atom is -0.388 e. The van der Waals surface area contributed by atoms with Crippen molar-refractivity contribution in [3.05, 3.63) is 84.1 Å². The minimum absolute atomic E-state index is 0.250. The molecule has 1 amide bonds. The second kappa shape index (κ2) is 12.8. The molecular formula is C24H31F5N2O. The molecule has 3 nitrogen and oxygen atoms in total. The van der Waals surface area contributed by atoms with Crippen LogP contribution in [0.3, 0.4) is 0 Å². The van der Waals surface area contributed by atoms with E-state index in [0.29, 0.717) is 32.0 Å². The predicted molar refractivity (Wildman–Crippen MR) is 119 cm³/mol. The number of carbonyl (C=O) groups excluding carboxylic acids is 1. The van der Waals surface area contributed by atoms with E-state index in [0.717, 1.165) is 35.9 Å². The lowest BCUT2D eigenvalue weighted by Crippen LogP contribution is -2.53. The number of benzene rings is 1. The lowest BCUT2D eigenvalue weighted by molar-refractivity contribution is -0.253. The molecule has 1 unspecified atom stereocenters. The quantitative estimate of drug-likeness (QED) is 0.243. The Morgan fingerprint density at radius 1 is 1.12 bits per heavy atom. The number of amides is 1. The van der Waals surface area contributed by atoms with Crippen LogP contribution in [0, 0.1) is 0 Å². The van der Waals surface area contributed by atoms with Gasteiger partial charge in [-0.25, -0.2) is 4.39 Å². The standard InChI is InChI=1S/C23H28F5N.CH3NO/c1-6-9-17(4)29-16-15-18-11-13-20(14-12-18)21(5,24)23(27,28)22(25,26)19(8-3)10-7-2;2-1-3/h7-14,29H,2-3,6,15-16H2,1,4-5H3;1H,(H2,2,3)/b17-9+,19-10+;. The van der Waals surface area contributed by atoms with E-state index < -0.39 is 28.7 Å². The fourth-order valence-electron chi connectivity index (χ4n) is 2.85. The Morgan fingerprint density at radius 3 is 2.09 bits per heavy atom. The van der Waals surface area contributed by atoms with Gasteiger partial charge in [0.15, 0.2) is 0 Å². The summed E-state index contributed by atoms with van der Waals surface area (Å²) in [5, 5.41) is 3.20. The Morgan fingerprint density at radius 2 is 1.66 bits per heavy atom. The van der Waals surface area contributed by atoms with Crippen molar-refractivity contribution in [2.45, 2.75) is 51.1 Å². The molecule has 1 aromatic carbocycles. The summed E-state index contributed by atoms with van der Waals surface area (Å²) in [4.78, 5) is 8.58. The number of hydrogen-bond acceptors (Lipinski definition) is 2. The number of allylic oxidation sites excluding steroid dienone is 6. The third-order valence-corrected chi connectivity index (χ3v) is 4.69. The summed E-state index contributed by atoms with van der Waals surface area (Å²) < 4.78 is 73.2. The molecule has 0 spiro atoms. The van der Waals surface area contributed by atoms with Crippen LogP contribution in [0.5, 0.6) is 0 Å². The maximum absolute atomic E-state index is 15.1. The van der Waals surface area contributed by atoms with Gasteiger partial charge in [-0.2, -0.15) is 17.6 Å². The van der Waals surface area contributed by atoms with Crippen LogP contribution in [0.2, 0.25) is 0 Å². The summed E-state index contributed by atoms with van der Waals surface area (Å²) in [7, 11) is 0. The zero-order chi connectivity index (χ0) is 25.0. The molecule has 0 radical (unpaired) electrons. The highest BCUT2D eigenvalue weighted by atomic mass is 19.3. The van der Waals surface area contributed by atoms with Crippen LogP contribution >= 0.6 is 0 Å². The average Bonchev–Trinajstić information content (AvgIpc) is 2.72. The van der Waals surface area contributed by atoms with Gasteiger partial charge < -0.3 is 11.1 Å². The summed E-state index contributed by atoms with van der Waals surface area (Å²) in [5.41, 5.74) is 0.738. The van der Waals surface area contributed by atoms with Crippen molar-refractivity contribution in [2.24, 2.45) is 5.73 Å². The first-order valence-corrected chi connectivity index (χ1v) is 9.92. The van der Waals surface area contributed by atoms with E-state index >= 15 is 4.39 Å². The summed E-state index contributed by atoms with van der Waals surface area (Å²) in [6.45, 7) is 11.4. The topological polar surface area (TPSA) is 55.1 Å². The molecule has 0 aromatic heterocycles. The van der Waals surface area contributed by atoms with E-state index in [-0.39, 0.29) is 6.41 Å². The van der Waals surface area contributed by atoms with Crippen molar-refractivity contribution >= 4 is 6.41 Å². The van der Waals surface area contributed by atoms with Crippen LogP contribution in [0.25, 0.3) is 0 Å². The molecule has 178 valence electrons. The number of nitrogens with two attached hydrogens (primary N) is 1. The van der Waals surface area contributed by atoms with E-state index in [4.69, 9.17) is 4.79 Å². The highest BCUT2D eigenvalue weighted by molar-refractivity contribution is 5.42. The zero-order valence-electron chi connectivity index (χ0n) is 18.6. The molecule has 1 aromatic rings. The lowest BCUT2D eigenvalue weighted by atomic mass is 9.84. The minimum atomic E-state index is -5.01. The smallest absolute Gasteiger partial charge is 0.351 e. The van der Waals surface area contributed by atoms with Gasteiger partial charge in [0.1, 0.15) is 0 Å². The molecular weight excluding hydrogens is 427 g/mol. The number of nitrogens with one attached hydrogen (secondary N) is 1. The molecule has 1 atom stereocenters. The van der Waals surface area contributed by atoms with Gasteiger partial charge >= 0.3 is 11.8 Å². The first-order valence-electron chi connectivity index (χ1n) is 9.92. The number of carbonyl (C=O) groups is 1. The molecule has 32 heavy (non-hydrogen) atoms. The largest absolute Gasteiger partial charge is 0.388 e. The van der Waals surface area contributed by atoms with Gasteiger partial charge in [0.25, 0.3) is 0 Å². The molecule has 0 bridgehead atoms. The number of alkyl halides is 5. The van der Waals surface area contributed by atoms with Crippen molar-refractivity contribution in [2.75, 3.05) is 6.54 Å². The fraction of sp³-hybridized carbons (Fsp3) is 0.375. The molecule has 0 heterocycles. The SMILES string of the molecule is C=C/C=C(\C=C)C(F)(F)C(F)(F)C(C)(F)c1ccc(CCN/C(C)=C/CC)cc1.NC=O. The predicted octanol–water partition coefficient (Wildman–Crippen LogP) is 5.99. The monoisotopic (exact) mass is 458 g/mol. The van der Waals surface area contributed by atoms with Gasteiger partial charge in [0.2, 0.25) is 12.1 Å². The van der Waals surface area contributed by atoms with Gasteiger partial charge in [-0.3, -0.25) is 4.79 Å². The molecule has 0 saturated heterocycles. The van der Waals surface area contributed by atoms with Crippen molar-refractivity contribution in [3.63, 3.8) is 0 Å². The first kappa shape index (κ1) is 29.1. The Balaban J connectivity index is 0.00000302. The van der Waals surface area contributed by atoms with E-state index in [1.54, 1.807) is 0 Å². The van der Waals surface area contributed by atoms with Crippen LogP contribution < -0.4 is 11.1 Å². The van der Waals surface area contributed by atoms with E-state index in [9.17, 15) is 17.6 Å². The van der Waals surface area contributed by atoms with Crippen LogP contribution in [0.4, 0.5) is 22.0 Å². The van der Waals surface area contributed by atoms with Gasteiger partial charge in [-0.15, -0.1) is 0 Å². The molecule has 8 heteroatoms. The van der Waals surface area contributed by atoms with Crippen LogP contribution in [-0.2, 0) is 16.9 Å². The summed E-state index contributed by atoms with van der Waals surface area (Å²) in [5.74, 6) is -9.77. The highest BCUT2D eigenvalue weighted by Gasteiger charge is 2.69. The van der Waals surface area contributed by atoms with E-state index in [2.05, 4.69) is 24.2 Å². The van der Waals surface area contributed by atoms with Crippen molar-refractivity contribution in [1.29, 1.82) is 0 Å². The molecule has 0 saturated carbocycles. The Bertz CT molecular complexity index is 812. The van der Waals surface area contributed by atoms with E-state index in [1.165, 1.54) is 12.1 Å². The Hall–Kier alpha value is -2.90. The van der Waals surface area contributed by atoms with Gasteiger partial charge in [0, 0.05) is 17.8 Å². The fourth-order valence-corrected chi connectivity index (χ4v) is 2.85.